The molecule has 3 aromatic rings. The zero-order chi connectivity index (χ0) is 19.8. The smallest absolute Gasteiger partial charge is 0.250 e. The second-order valence-electron chi connectivity index (χ2n) is 5.35. The van der Waals surface area contributed by atoms with Crippen molar-refractivity contribution in [2.45, 2.75) is 14.4 Å². The predicted octanol–water partition coefficient (Wildman–Crippen LogP) is 4.43. The number of carbonyl (C=O) groups excluding carboxylic acids is 1. The van der Waals surface area contributed by atoms with Crippen LogP contribution in [0.1, 0.15) is 11.1 Å². The lowest BCUT2D eigenvalue weighted by atomic mass is 10.2. The van der Waals surface area contributed by atoms with Crippen molar-refractivity contribution in [1.82, 2.24) is 15.6 Å². The Morgan fingerprint density at radius 2 is 1.86 bits per heavy atom. The molecule has 6 nitrogen and oxygen atoms in total. The third-order valence-corrected chi connectivity index (χ3v) is 6.96. The molecule has 0 radical (unpaired) electrons. The Hall–Kier alpha value is -2.07. The van der Waals surface area contributed by atoms with Crippen LogP contribution in [0.2, 0.25) is 5.02 Å². The highest BCUT2D eigenvalue weighted by molar-refractivity contribution is 8.03. The van der Waals surface area contributed by atoms with Gasteiger partial charge < -0.3 is 5.11 Å². The van der Waals surface area contributed by atoms with Gasteiger partial charge in [0.2, 0.25) is 0 Å². The summed E-state index contributed by atoms with van der Waals surface area (Å²) in [6, 6.07) is 14.4. The van der Waals surface area contributed by atoms with Gasteiger partial charge >= 0.3 is 0 Å². The lowest BCUT2D eigenvalue weighted by molar-refractivity contribution is -0.118. The van der Waals surface area contributed by atoms with Crippen molar-refractivity contribution in [2.24, 2.45) is 5.10 Å². The molecule has 2 aromatic carbocycles. The summed E-state index contributed by atoms with van der Waals surface area (Å²) in [5.74, 6) is 0.713. The van der Waals surface area contributed by atoms with Crippen molar-refractivity contribution in [3.8, 4) is 5.75 Å². The first-order valence-electron chi connectivity index (χ1n) is 8.04. The predicted molar refractivity (Wildman–Crippen MR) is 115 cm³/mol. The lowest BCUT2D eigenvalue weighted by Crippen LogP contribution is -2.19. The molecule has 0 aliphatic carbocycles. The lowest BCUT2D eigenvalue weighted by Gasteiger charge is -2.00. The summed E-state index contributed by atoms with van der Waals surface area (Å²) in [6.07, 6.45) is 1.40. The van der Waals surface area contributed by atoms with Gasteiger partial charge in [-0.3, -0.25) is 4.79 Å². The van der Waals surface area contributed by atoms with Crippen LogP contribution in [0.3, 0.4) is 0 Å². The summed E-state index contributed by atoms with van der Waals surface area (Å²) in [7, 11) is 0. The van der Waals surface area contributed by atoms with E-state index in [1.54, 1.807) is 36.0 Å². The molecule has 0 bridgehead atoms. The van der Waals surface area contributed by atoms with E-state index in [-0.39, 0.29) is 17.4 Å². The Morgan fingerprint density at radius 1 is 1.14 bits per heavy atom. The van der Waals surface area contributed by atoms with E-state index < -0.39 is 0 Å². The maximum atomic E-state index is 11.9. The van der Waals surface area contributed by atoms with Crippen LogP contribution in [0.5, 0.6) is 5.75 Å². The van der Waals surface area contributed by atoms with Crippen molar-refractivity contribution >= 4 is 58.6 Å². The molecule has 0 saturated heterocycles. The molecule has 0 aliphatic heterocycles. The van der Waals surface area contributed by atoms with Crippen molar-refractivity contribution in [3.05, 3.63) is 64.7 Å². The third kappa shape index (κ3) is 6.23. The number of hydrogen-bond acceptors (Lipinski definition) is 8. The second kappa shape index (κ2) is 10.5. The normalized spacial score (nSPS) is 11.0. The topological polar surface area (TPSA) is 87.5 Å². The van der Waals surface area contributed by atoms with Crippen LogP contribution in [0.15, 0.2) is 62.3 Å². The average molecular weight is 451 g/mol. The zero-order valence-corrected chi connectivity index (χ0v) is 17.6. The molecule has 0 fully saturated rings. The Balaban J connectivity index is 1.43. The van der Waals surface area contributed by atoms with Gasteiger partial charge in [0.1, 0.15) is 5.75 Å². The summed E-state index contributed by atoms with van der Waals surface area (Å²) in [5.41, 5.74) is 3.99. The Kier molecular flexibility index (Phi) is 7.72. The molecule has 1 heterocycles. The van der Waals surface area contributed by atoms with Crippen molar-refractivity contribution < 1.29 is 9.90 Å². The van der Waals surface area contributed by atoms with Gasteiger partial charge in [-0.05, 0) is 23.8 Å². The molecule has 0 aliphatic rings. The number of hydrazone groups is 1. The molecule has 144 valence electrons. The number of amides is 1. The molecule has 3 rings (SSSR count). The first-order chi connectivity index (χ1) is 13.6. The van der Waals surface area contributed by atoms with Crippen molar-refractivity contribution in [1.29, 1.82) is 0 Å². The van der Waals surface area contributed by atoms with Crippen molar-refractivity contribution in [2.75, 3.05) is 5.75 Å². The molecule has 1 amide bonds. The summed E-state index contributed by atoms with van der Waals surface area (Å²) >= 11 is 10.4. The quantitative estimate of drug-likeness (QED) is 0.300. The number of para-hydroxylation sites is 1. The van der Waals surface area contributed by atoms with Crippen LogP contribution in [0, 0.1) is 0 Å². The van der Waals surface area contributed by atoms with E-state index in [4.69, 9.17) is 11.6 Å². The minimum Gasteiger partial charge on any atom is -0.507 e. The number of thioether (sulfide) groups is 2. The van der Waals surface area contributed by atoms with Gasteiger partial charge in [-0.2, -0.15) is 5.10 Å². The van der Waals surface area contributed by atoms with Crippen molar-refractivity contribution in [3.63, 3.8) is 0 Å². The first kappa shape index (κ1) is 20.7. The zero-order valence-electron chi connectivity index (χ0n) is 14.4. The van der Waals surface area contributed by atoms with Gasteiger partial charge in [0.05, 0.1) is 12.0 Å². The molecular formula is C18H15ClN4O2S3. The maximum Gasteiger partial charge on any atom is 0.250 e. The van der Waals surface area contributed by atoms with Crippen LogP contribution in [-0.4, -0.2) is 33.2 Å². The first-order valence-corrected chi connectivity index (χ1v) is 11.2. The number of hydrogen-bond donors (Lipinski definition) is 2. The van der Waals surface area contributed by atoms with Crippen LogP contribution in [-0.2, 0) is 10.5 Å². The molecular weight excluding hydrogens is 436 g/mol. The number of carbonyl (C=O) groups is 1. The minimum atomic E-state index is -0.267. The molecule has 28 heavy (non-hydrogen) atoms. The molecule has 0 atom stereocenters. The van der Waals surface area contributed by atoms with Gasteiger partial charge in [0.25, 0.3) is 5.91 Å². The van der Waals surface area contributed by atoms with E-state index in [1.165, 1.54) is 29.3 Å². The second-order valence-corrected chi connectivity index (χ2v) is 9.18. The fraction of sp³-hybridized carbons (Fsp3) is 0.111. The van der Waals surface area contributed by atoms with Crippen LogP contribution in [0.25, 0.3) is 0 Å². The van der Waals surface area contributed by atoms with E-state index >= 15 is 0 Å². The maximum absolute atomic E-state index is 11.9. The number of benzene rings is 2. The fourth-order valence-electron chi connectivity index (χ4n) is 2.00. The Labute approximate surface area is 179 Å². The van der Waals surface area contributed by atoms with Crippen LogP contribution >= 0.6 is 46.5 Å². The summed E-state index contributed by atoms with van der Waals surface area (Å²) in [4.78, 5) is 11.9. The number of aromatic nitrogens is 2. The summed E-state index contributed by atoms with van der Waals surface area (Å²) in [5, 5.41) is 22.4. The van der Waals surface area contributed by atoms with Gasteiger partial charge in [0.15, 0.2) is 8.68 Å². The summed E-state index contributed by atoms with van der Waals surface area (Å²) < 4.78 is 1.53. The molecule has 0 unspecified atom stereocenters. The third-order valence-electron chi connectivity index (χ3n) is 3.35. The highest BCUT2D eigenvalue weighted by atomic mass is 35.5. The number of aromatic hydroxyl groups is 1. The van der Waals surface area contributed by atoms with Crippen LogP contribution < -0.4 is 5.43 Å². The molecule has 0 spiro atoms. The number of phenols is 1. The van der Waals surface area contributed by atoms with Crippen LogP contribution in [0.4, 0.5) is 0 Å². The highest BCUT2D eigenvalue weighted by Crippen LogP contribution is 2.32. The monoisotopic (exact) mass is 450 g/mol. The average Bonchev–Trinajstić information content (AvgIpc) is 3.15. The minimum absolute atomic E-state index is 0.102. The Bertz CT molecular complexity index is 981. The van der Waals surface area contributed by atoms with Gasteiger partial charge in [-0.25, -0.2) is 5.43 Å². The molecule has 2 N–H and O–H groups in total. The largest absolute Gasteiger partial charge is 0.507 e. The molecule has 10 heteroatoms. The fourth-order valence-corrected chi connectivity index (χ4v) is 5.10. The Morgan fingerprint density at radius 3 is 2.64 bits per heavy atom. The van der Waals surface area contributed by atoms with E-state index in [1.807, 2.05) is 24.3 Å². The molecule has 1 aromatic heterocycles. The number of halogens is 1. The van der Waals surface area contributed by atoms with E-state index in [0.717, 1.165) is 14.9 Å². The van der Waals surface area contributed by atoms with Gasteiger partial charge in [-0.1, -0.05) is 76.8 Å². The SMILES string of the molecule is O=C(CSc1nnc(SCc2ccccc2Cl)s1)NN=Cc1ccccc1O. The number of nitrogens with one attached hydrogen (secondary N) is 1. The number of nitrogens with zero attached hydrogens (tertiary/aromatic N) is 3. The standard InChI is InChI=1S/C18H15ClN4O2S3/c19-14-7-3-1-6-13(14)10-26-17-22-23-18(28-17)27-11-16(25)21-20-9-12-5-2-4-8-15(12)24/h1-9,24H,10-11H2,(H,21,25). The number of phenolic OH excluding ortho intramolecular Hbond substituents is 1. The van der Waals surface area contributed by atoms with E-state index in [2.05, 4.69) is 20.7 Å². The van der Waals surface area contributed by atoms with E-state index in [9.17, 15) is 9.90 Å². The highest BCUT2D eigenvalue weighted by Gasteiger charge is 2.09. The number of rotatable bonds is 8. The van der Waals surface area contributed by atoms with Gasteiger partial charge in [-0.15, -0.1) is 10.2 Å². The van der Waals surface area contributed by atoms with E-state index in [0.29, 0.717) is 15.7 Å². The summed E-state index contributed by atoms with van der Waals surface area (Å²) in [6.45, 7) is 0. The molecule has 0 saturated carbocycles. The van der Waals surface area contributed by atoms with Gasteiger partial charge in [0, 0.05) is 16.3 Å².